The van der Waals surface area contributed by atoms with Gasteiger partial charge in [-0.3, -0.25) is 9.48 Å². The van der Waals surface area contributed by atoms with Gasteiger partial charge in [0.2, 0.25) is 0 Å². The Bertz CT molecular complexity index is 878. The molecule has 1 aromatic carbocycles. The number of aromatic nitrogens is 2. The predicted molar refractivity (Wildman–Crippen MR) is 106 cm³/mol. The number of ether oxygens (including phenoxy) is 4. The van der Waals surface area contributed by atoms with E-state index in [1.54, 1.807) is 14.2 Å². The summed E-state index contributed by atoms with van der Waals surface area (Å²) in [5.41, 5.74) is 2.14. The molecule has 0 bridgehead atoms. The van der Waals surface area contributed by atoms with E-state index in [2.05, 4.69) is 5.10 Å². The molecule has 8 heteroatoms. The number of benzene rings is 1. The molecular weight excluding hydrogens is 374 g/mol. The number of likely N-dealkylation sites (tertiary alicyclic amines) is 1. The van der Waals surface area contributed by atoms with Gasteiger partial charge in [-0.05, 0) is 25.1 Å². The number of nitrogens with zero attached hydrogens (tertiary/aromatic N) is 3. The van der Waals surface area contributed by atoms with Crippen molar-refractivity contribution < 1.29 is 23.7 Å². The van der Waals surface area contributed by atoms with Crippen molar-refractivity contribution in [3.63, 3.8) is 0 Å². The first kappa shape index (κ1) is 19.7. The zero-order valence-electron chi connectivity index (χ0n) is 17.1. The summed E-state index contributed by atoms with van der Waals surface area (Å²) in [5.74, 6) is 0.816. The van der Waals surface area contributed by atoms with Crippen LogP contribution in [0.5, 0.6) is 11.5 Å². The Balaban J connectivity index is 1.57. The maximum Gasteiger partial charge on any atom is 0.274 e. The average Bonchev–Trinajstić information content (AvgIpc) is 3.40. The van der Waals surface area contributed by atoms with Gasteiger partial charge in [-0.1, -0.05) is 0 Å². The summed E-state index contributed by atoms with van der Waals surface area (Å²) in [4.78, 5) is 14.9. The van der Waals surface area contributed by atoms with E-state index in [0.717, 1.165) is 11.3 Å². The van der Waals surface area contributed by atoms with Crippen LogP contribution in [0, 0.1) is 0 Å². The minimum absolute atomic E-state index is 0.0706. The van der Waals surface area contributed by atoms with Crippen molar-refractivity contribution in [3.05, 3.63) is 30.0 Å². The molecule has 0 unspecified atom stereocenters. The van der Waals surface area contributed by atoms with E-state index in [9.17, 15) is 4.79 Å². The van der Waals surface area contributed by atoms with Crippen molar-refractivity contribution in [3.8, 4) is 22.8 Å². The fraction of sp³-hybridized carbons (Fsp3) is 0.524. The van der Waals surface area contributed by atoms with Gasteiger partial charge in [-0.2, -0.15) is 5.10 Å². The van der Waals surface area contributed by atoms with Crippen LogP contribution in [0.2, 0.25) is 0 Å². The lowest BCUT2D eigenvalue weighted by molar-refractivity contribution is -0.181. The van der Waals surface area contributed by atoms with Crippen LogP contribution in [0.1, 0.15) is 30.3 Å². The Labute approximate surface area is 170 Å². The molecule has 2 aliphatic heterocycles. The van der Waals surface area contributed by atoms with E-state index in [-0.39, 0.29) is 5.91 Å². The van der Waals surface area contributed by atoms with Gasteiger partial charge in [0.15, 0.2) is 11.5 Å². The minimum atomic E-state index is -0.499. The molecule has 156 valence electrons. The molecule has 8 nitrogen and oxygen atoms in total. The second-order valence-electron chi connectivity index (χ2n) is 7.20. The summed E-state index contributed by atoms with van der Waals surface area (Å²) < 4.78 is 24.2. The number of amides is 1. The van der Waals surface area contributed by atoms with Gasteiger partial charge >= 0.3 is 0 Å². The normalized spacial score (nSPS) is 18.2. The Morgan fingerprint density at radius 3 is 2.48 bits per heavy atom. The van der Waals surface area contributed by atoms with E-state index in [1.807, 2.05) is 40.8 Å². The first-order valence-corrected chi connectivity index (χ1v) is 9.96. The molecule has 0 aliphatic carbocycles. The molecule has 1 amide bonds. The summed E-state index contributed by atoms with van der Waals surface area (Å²) in [6.07, 6.45) is 1.37. The van der Waals surface area contributed by atoms with E-state index in [1.165, 1.54) is 0 Å². The largest absolute Gasteiger partial charge is 0.497 e. The Morgan fingerprint density at radius 2 is 1.86 bits per heavy atom. The number of piperidine rings is 1. The Kier molecular flexibility index (Phi) is 5.47. The standard InChI is InChI=1S/C21H27N3O5/c1-4-24-18(16-6-5-15(26-2)13-19(16)27-3)14-17(22-24)20(25)23-9-7-21(8-10-23)28-11-12-29-21/h5-6,13-14H,4,7-12H2,1-3H3. The number of carbonyl (C=O) groups excluding carboxylic acids is 1. The molecule has 3 heterocycles. The van der Waals surface area contributed by atoms with Gasteiger partial charge in [-0.25, -0.2) is 0 Å². The van der Waals surface area contributed by atoms with Gasteiger partial charge < -0.3 is 23.8 Å². The van der Waals surface area contributed by atoms with E-state index in [4.69, 9.17) is 18.9 Å². The second kappa shape index (κ2) is 8.04. The maximum atomic E-state index is 13.1. The molecule has 2 saturated heterocycles. The molecule has 2 fully saturated rings. The molecule has 0 radical (unpaired) electrons. The third kappa shape index (κ3) is 3.70. The number of aryl methyl sites for hydroxylation is 1. The zero-order chi connectivity index (χ0) is 20.4. The summed E-state index contributed by atoms with van der Waals surface area (Å²) in [6, 6.07) is 7.46. The molecule has 0 N–H and O–H groups in total. The second-order valence-corrected chi connectivity index (χ2v) is 7.20. The molecule has 2 aromatic rings. The minimum Gasteiger partial charge on any atom is -0.497 e. The van der Waals surface area contributed by atoms with Crippen LogP contribution in [0.15, 0.2) is 24.3 Å². The first-order valence-electron chi connectivity index (χ1n) is 9.96. The summed E-state index contributed by atoms with van der Waals surface area (Å²) >= 11 is 0. The molecule has 0 saturated carbocycles. The fourth-order valence-corrected chi connectivity index (χ4v) is 3.99. The quantitative estimate of drug-likeness (QED) is 0.767. The summed E-state index contributed by atoms with van der Waals surface area (Å²) in [5, 5.41) is 4.56. The molecule has 29 heavy (non-hydrogen) atoms. The van der Waals surface area contributed by atoms with Gasteiger partial charge in [0, 0.05) is 44.1 Å². The number of carbonyl (C=O) groups is 1. The highest BCUT2D eigenvalue weighted by molar-refractivity contribution is 5.93. The molecule has 1 aromatic heterocycles. The zero-order valence-corrected chi connectivity index (χ0v) is 17.1. The Hall–Kier alpha value is -2.58. The highest BCUT2D eigenvalue weighted by Crippen LogP contribution is 2.35. The van der Waals surface area contributed by atoms with Gasteiger partial charge in [0.25, 0.3) is 5.91 Å². The Morgan fingerprint density at radius 1 is 1.14 bits per heavy atom. The van der Waals surface area contributed by atoms with E-state index in [0.29, 0.717) is 62.9 Å². The predicted octanol–water partition coefficient (Wildman–Crippen LogP) is 2.57. The number of hydrogen-bond acceptors (Lipinski definition) is 6. The van der Waals surface area contributed by atoms with Crippen LogP contribution < -0.4 is 9.47 Å². The fourth-order valence-electron chi connectivity index (χ4n) is 3.99. The molecule has 1 spiro atoms. The van der Waals surface area contributed by atoms with Crippen LogP contribution in [-0.2, 0) is 16.0 Å². The SMILES string of the molecule is CCn1nc(C(=O)N2CCC3(CC2)OCCO3)cc1-c1ccc(OC)cc1OC. The molecule has 2 aliphatic rings. The van der Waals surface area contributed by atoms with Crippen LogP contribution in [-0.4, -0.2) is 66.9 Å². The number of methoxy groups -OCH3 is 2. The smallest absolute Gasteiger partial charge is 0.274 e. The van der Waals surface area contributed by atoms with Crippen molar-refractivity contribution in [1.29, 1.82) is 0 Å². The van der Waals surface area contributed by atoms with E-state index >= 15 is 0 Å². The third-order valence-electron chi connectivity index (χ3n) is 5.61. The van der Waals surface area contributed by atoms with Gasteiger partial charge in [0.1, 0.15) is 11.5 Å². The topological polar surface area (TPSA) is 75.1 Å². The van der Waals surface area contributed by atoms with Crippen molar-refractivity contribution >= 4 is 5.91 Å². The van der Waals surface area contributed by atoms with Gasteiger partial charge in [-0.15, -0.1) is 0 Å². The summed E-state index contributed by atoms with van der Waals surface area (Å²) in [7, 11) is 3.24. The van der Waals surface area contributed by atoms with Crippen molar-refractivity contribution in [1.82, 2.24) is 14.7 Å². The molecule has 0 atom stereocenters. The lowest BCUT2D eigenvalue weighted by Crippen LogP contribution is -2.47. The van der Waals surface area contributed by atoms with Gasteiger partial charge in [0.05, 0.1) is 33.1 Å². The van der Waals surface area contributed by atoms with Crippen LogP contribution in [0.3, 0.4) is 0 Å². The first-order chi connectivity index (χ1) is 14.1. The van der Waals surface area contributed by atoms with Crippen molar-refractivity contribution in [2.75, 3.05) is 40.5 Å². The average molecular weight is 401 g/mol. The van der Waals surface area contributed by atoms with Crippen LogP contribution in [0.25, 0.3) is 11.3 Å². The number of hydrogen-bond donors (Lipinski definition) is 0. The lowest BCUT2D eigenvalue weighted by Gasteiger charge is -2.37. The monoisotopic (exact) mass is 401 g/mol. The van der Waals surface area contributed by atoms with Crippen molar-refractivity contribution in [2.24, 2.45) is 0 Å². The van der Waals surface area contributed by atoms with E-state index < -0.39 is 5.79 Å². The highest BCUT2D eigenvalue weighted by atomic mass is 16.7. The summed E-state index contributed by atoms with van der Waals surface area (Å²) in [6.45, 7) is 5.09. The maximum absolute atomic E-state index is 13.1. The van der Waals surface area contributed by atoms with Crippen molar-refractivity contribution in [2.45, 2.75) is 32.1 Å². The molecular formula is C21H27N3O5. The van der Waals surface area contributed by atoms with Crippen LogP contribution >= 0.6 is 0 Å². The lowest BCUT2D eigenvalue weighted by atomic mass is 10.0. The van der Waals surface area contributed by atoms with Crippen LogP contribution in [0.4, 0.5) is 0 Å². The highest BCUT2D eigenvalue weighted by Gasteiger charge is 2.41. The third-order valence-corrected chi connectivity index (χ3v) is 5.61. The molecule has 4 rings (SSSR count). The number of rotatable bonds is 5.